The minimum atomic E-state index is -4.55. The van der Waals surface area contributed by atoms with Gasteiger partial charge in [-0.2, -0.15) is 18.3 Å². The number of hydrogen-bond donors (Lipinski definition) is 2. The molecule has 37 heavy (non-hydrogen) atoms. The molecule has 5 rings (SSSR count). The molecule has 1 amide bonds. The van der Waals surface area contributed by atoms with Crippen LogP contribution in [0.4, 0.5) is 24.0 Å². The van der Waals surface area contributed by atoms with Crippen LogP contribution in [0.5, 0.6) is 0 Å². The van der Waals surface area contributed by atoms with Crippen LogP contribution >= 0.6 is 11.3 Å². The fourth-order valence-corrected chi connectivity index (χ4v) is 6.41. The molecule has 196 valence electrons. The fraction of sp³-hybridized carbons (Fsp3) is 0.423. The molecule has 3 atom stereocenters. The van der Waals surface area contributed by atoms with Crippen molar-refractivity contribution in [2.75, 3.05) is 17.2 Å². The third-order valence-electron chi connectivity index (χ3n) is 6.84. The largest absolute Gasteiger partial charge is 0.462 e. The summed E-state index contributed by atoms with van der Waals surface area (Å²) >= 11 is 1.32. The van der Waals surface area contributed by atoms with Crippen molar-refractivity contribution in [3.05, 3.63) is 63.7 Å². The Morgan fingerprint density at radius 1 is 1.27 bits per heavy atom. The summed E-state index contributed by atoms with van der Waals surface area (Å²) in [5, 5.41) is 10.2. The van der Waals surface area contributed by atoms with Crippen LogP contribution in [-0.4, -0.2) is 34.4 Å². The van der Waals surface area contributed by atoms with E-state index in [0.29, 0.717) is 28.5 Å². The molecule has 0 saturated heterocycles. The van der Waals surface area contributed by atoms with Gasteiger partial charge in [-0.15, -0.1) is 11.3 Å². The van der Waals surface area contributed by atoms with E-state index in [-0.39, 0.29) is 24.5 Å². The van der Waals surface area contributed by atoms with E-state index in [4.69, 9.17) is 4.74 Å². The number of thiophene rings is 1. The Morgan fingerprint density at radius 3 is 2.73 bits per heavy atom. The van der Waals surface area contributed by atoms with E-state index < -0.39 is 30.1 Å². The average Bonchev–Trinajstić information content (AvgIpc) is 3.44. The minimum absolute atomic E-state index is 0.109. The number of aromatic nitrogens is 2. The van der Waals surface area contributed by atoms with Crippen molar-refractivity contribution < 1.29 is 27.5 Å². The van der Waals surface area contributed by atoms with Gasteiger partial charge in [0.15, 0.2) is 11.7 Å². The molecule has 0 saturated carbocycles. The summed E-state index contributed by atoms with van der Waals surface area (Å²) in [5.41, 5.74) is 1.76. The SMILES string of the molecule is CCOC(=O)c1c(NC(=O)c2cc3n(n2)[C@@H](C(F)(F)F)C[C@H](c2ccccc2)N3)sc2c1CC[C@@H](C)C2. The van der Waals surface area contributed by atoms with Gasteiger partial charge in [-0.05, 0) is 43.2 Å². The lowest BCUT2D eigenvalue weighted by molar-refractivity contribution is -0.173. The molecule has 0 unspecified atom stereocenters. The zero-order valence-corrected chi connectivity index (χ0v) is 21.2. The van der Waals surface area contributed by atoms with Gasteiger partial charge in [0.2, 0.25) is 0 Å². The van der Waals surface area contributed by atoms with Crippen LogP contribution in [0.2, 0.25) is 0 Å². The lowest BCUT2D eigenvalue weighted by Gasteiger charge is -2.33. The topological polar surface area (TPSA) is 85.2 Å². The lowest BCUT2D eigenvalue weighted by atomic mass is 9.88. The van der Waals surface area contributed by atoms with Crippen molar-refractivity contribution in [1.82, 2.24) is 9.78 Å². The van der Waals surface area contributed by atoms with Crippen molar-refractivity contribution in [2.24, 2.45) is 5.92 Å². The van der Waals surface area contributed by atoms with Crippen LogP contribution in [0.25, 0.3) is 0 Å². The number of rotatable bonds is 5. The maximum Gasteiger partial charge on any atom is 0.410 e. The van der Waals surface area contributed by atoms with Gasteiger partial charge in [0, 0.05) is 17.4 Å². The first kappa shape index (κ1) is 25.3. The minimum Gasteiger partial charge on any atom is -0.462 e. The summed E-state index contributed by atoms with van der Waals surface area (Å²) in [4.78, 5) is 27.0. The van der Waals surface area contributed by atoms with Gasteiger partial charge in [0.05, 0.1) is 18.2 Å². The number of ether oxygens (including phenoxy) is 1. The van der Waals surface area contributed by atoms with Crippen molar-refractivity contribution in [3.63, 3.8) is 0 Å². The number of benzene rings is 1. The number of alkyl halides is 3. The van der Waals surface area contributed by atoms with Gasteiger partial charge in [0.1, 0.15) is 10.8 Å². The molecular weight excluding hydrogens is 505 g/mol. The number of amides is 1. The standard InChI is InChI=1S/C26H27F3N4O3S/c1-3-36-25(35)22-16-10-9-14(2)11-19(16)37-24(22)31-23(34)18-13-21-30-17(15-7-5-4-6-8-15)12-20(26(27,28)29)33(21)32-18/h4-8,13-14,17,20,30H,3,9-12H2,1-2H3,(H,31,34)/t14-,17-,20-/m1/s1. The number of fused-ring (bicyclic) bond motifs is 2. The Balaban J connectivity index is 1.46. The number of carbonyl (C=O) groups excluding carboxylic acids is 2. The molecule has 2 N–H and O–H groups in total. The van der Waals surface area contributed by atoms with Gasteiger partial charge < -0.3 is 15.4 Å². The third-order valence-corrected chi connectivity index (χ3v) is 8.01. The number of carbonyl (C=O) groups is 2. The number of nitrogens with zero attached hydrogens (tertiary/aromatic N) is 2. The maximum absolute atomic E-state index is 14.0. The highest BCUT2D eigenvalue weighted by Gasteiger charge is 2.47. The molecular formula is C26H27F3N4O3S. The van der Waals surface area contributed by atoms with Gasteiger partial charge in [-0.25, -0.2) is 9.48 Å². The van der Waals surface area contributed by atoms with E-state index in [1.165, 1.54) is 17.4 Å². The molecule has 7 nitrogen and oxygen atoms in total. The Labute approximate surface area is 216 Å². The quantitative estimate of drug-likeness (QED) is 0.385. The number of nitrogens with one attached hydrogen (secondary N) is 2. The lowest BCUT2D eigenvalue weighted by Crippen LogP contribution is -2.35. The molecule has 0 radical (unpaired) electrons. The molecule has 0 spiro atoms. The number of halogens is 3. The summed E-state index contributed by atoms with van der Waals surface area (Å²) in [6, 6.07) is 7.72. The predicted molar refractivity (Wildman–Crippen MR) is 134 cm³/mol. The molecule has 11 heteroatoms. The number of esters is 1. The van der Waals surface area contributed by atoms with Crippen LogP contribution in [0.3, 0.4) is 0 Å². The van der Waals surface area contributed by atoms with E-state index in [0.717, 1.165) is 28.0 Å². The second-order valence-electron chi connectivity index (χ2n) is 9.49. The average molecular weight is 533 g/mol. The highest BCUT2D eigenvalue weighted by atomic mass is 32.1. The second-order valence-corrected chi connectivity index (χ2v) is 10.6. The van der Waals surface area contributed by atoms with E-state index in [1.807, 2.05) is 0 Å². The zero-order valence-electron chi connectivity index (χ0n) is 20.4. The zero-order chi connectivity index (χ0) is 26.3. The van der Waals surface area contributed by atoms with Gasteiger partial charge in [-0.3, -0.25) is 4.79 Å². The fourth-order valence-electron chi connectivity index (χ4n) is 5.01. The van der Waals surface area contributed by atoms with Crippen molar-refractivity contribution in [1.29, 1.82) is 0 Å². The van der Waals surface area contributed by atoms with Gasteiger partial charge in [-0.1, -0.05) is 37.3 Å². The number of hydrogen-bond acceptors (Lipinski definition) is 6. The Kier molecular flexibility index (Phi) is 6.74. The Bertz CT molecular complexity index is 1320. The van der Waals surface area contributed by atoms with Crippen molar-refractivity contribution in [3.8, 4) is 0 Å². The summed E-state index contributed by atoms with van der Waals surface area (Å²) in [5.74, 6) is -0.637. The van der Waals surface area contributed by atoms with Crippen LogP contribution < -0.4 is 10.6 Å². The van der Waals surface area contributed by atoms with E-state index in [1.54, 1.807) is 37.3 Å². The van der Waals surface area contributed by atoms with Crippen molar-refractivity contribution >= 4 is 34.0 Å². The molecule has 1 aliphatic heterocycles. The molecule has 0 bridgehead atoms. The second kappa shape index (κ2) is 9.85. The van der Waals surface area contributed by atoms with E-state index in [9.17, 15) is 22.8 Å². The Hall–Kier alpha value is -3.34. The third kappa shape index (κ3) is 4.96. The van der Waals surface area contributed by atoms with Crippen LogP contribution in [-0.2, 0) is 17.6 Å². The molecule has 3 heterocycles. The highest BCUT2D eigenvalue weighted by molar-refractivity contribution is 7.17. The molecule has 3 aromatic rings. The Morgan fingerprint density at radius 2 is 2.03 bits per heavy atom. The van der Waals surface area contributed by atoms with Crippen LogP contribution in [0.15, 0.2) is 36.4 Å². The van der Waals surface area contributed by atoms with Crippen LogP contribution in [0.1, 0.15) is 75.6 Å². The predicted octanol–water partition coefficient (Wildman–Crippen LogP) is 6.16. The number of anilines is 2. The molecule has 1 aliphatic carbocycles. The first-order chi connectivity index (χ1) is 17.7. The van der Waals surface area contributed by atoms with Gasteiger partial charge in [0.25, 0.3) is 5.91 Å². The smallest absolute Gasteiger partial charge is 0.410 e. The summed E-state index contributed by atoms with van der Waals surface area (Å²) in [6.07, 6.45) is -2.40. The van der Waals surface area contributed by atoms with Gasteiger partial charge >= 0.3 is 12.1 Å². The van der Waals surface area contributed by atoms with Crippen LogP contribution in [0, 0.1) is 5.92 Å². The highest BCUT2D eigenvalue weighted by Crippen LogP contribution is 2.44. The molecule has 2 aliphatic rings. The molecule has 1 aromatic carbocycles. The molecule has 0 fully saturated rings. The summed E-state index contributed by atoms with van der Waals surface area (Å²) < 4.78 is 48.1. The first-order valence-corrected chi connectivity index (χ1v) is 13.1. The van der Waals surface area contributed by atoms with E-state index >= 15 is 0 Å². The monoisotopic (exact) mass is 532 g/mol. The normalized spacial score (nSPS) is 20.9. The first-order valence-electron chi connectivity index (χ1n) is 12.3. The van der Waals surface area contributed by atoms with E-state index in [2.05, 4.69) is 22.7 Å². The van der Waals surface area contributed by atoms with Crippen molar-refractivity contribution in [2.45, 2.75) is 57.8 Å². The maximum atomic E-state index is 14.0. The molecule has 2 aromatic heterocycles. The summed E-state index contributed by atoms with van der Waals surface area (Å²) in [7, 11) is 0. The summed E-state index contributed by atoms with van der Waals surface area (Å²) in [6.45, 7) is 4.03.